The Kier molecular flexibility index (Phi) is 3.57. The predicted octanol–water partition coefficient (Wildman–Crippen LogP) is 3.14. The maximum Gasteiger partial charge on any atom is 0.225 e. The first-order chi connectivity index (χ1) is 10.1. The summed E-state index contributed by atoms with van der Waals surface area (Å²) in [7, 11) is 3.17. The largest absolute Gasteiger partial charge is 0.497 e. The molecule has 0 saturated heterocycles. The first-order valence-electron chi connectivity index (χ1n) is 5.92. The normalized spacial score (nSPS) is 10.9. The number of halogens is 2. The van der Waals surface area contributed by atoms with Crippen molar-refractivity contribution < 1.29 is 9.47 Å². The molecule has 8 heteroatoms. The van der Waals surface area contributed by atoms with Crippen molar-refractivity contribution in [1.82, 2.24) is 19.5 Å². The Bertz CT molecular complexity index is 819. The van der Waals surface area contributed by atoms with E-state index in [9.17, 15) is 0 Å². The zero-order valence-corrected chi connectivity index (χ0v) is 12.7. The van der Waals surface area contributed by atoms with Crippen molar-refractivity contribution in [2.24, 2.45) is 0 Å². The molecule has 2 heterocycles. The molecule has 0 atom stereocenters. The average Bonchev–Trinajstić information content (AvgIpc) is 2.90. The second-order valence-corrected chi connectivity index (χ2v) is 4.80. The van der Waals surface area contributed by atoms with Gasteiger partial charge in [-0.2, -0.15) is 4.98 Å². The molecular weight excluding hydrogens is 315 g/mol. The molecule has 3 aromatic rings. The van der Waals surface area contributed by atoms with E-state index < -0.39 is 0 Å². The molecule has 0 aliphatic carbocycles. The van der Waals surface area contributed by atoms with Crippen molar-refractivity contribution >= 4 is 34.4 Å². The van der Waals surface area contributed by atoms with Gasteiger partial charge in [0.2, 0.25) is 5.28 Å². The van der Waals surface area contributed by atoms with Gasteiger partial charge in [-0.1, -0.05) is 11.6 Å². The van der Waals surface area contributed by atoms with Gasteiger partial charge in [0.1, 0.15) is 23.3 Å². The molecule has 3 rings (SSSR count). The molecule has 0 saturated carbocycles. The molecule has 0 N–H and O–H groups in total. The van der Waals surface area contributed by atoms with Crippen molar-refractivity contribution in [1.29, 1.82) is 0 Å². The summed E-state index contributed by atoms with van der Waals surface area (Å²) in [6.45, 7) is 0. The fourth-order valence-electron chi connectivity index (χ4n) is 2.00. The molecule has 0 bridgehead atoms. The Morgan fingerprint density at radius 3 is 2.62 bits per heavy atom. The highest BCUT2D eigenvalue weighted by molar-refractivity contribution is 6.35. The first-order valence-corrected chi connectivity index (χ1v) is 6.68. The highest BCUT2D eigenvalue weighted by atomic mass is 35.5. The maximum atomic E-state index is 6.03. The first kappa shape index (κ1) is 13.9. The van der Waals surface area contributed by atoms with Gasteiger partial charge in [-0.05, 0) is 23.7 Å². The molecule has 21 heavy (non-hydrogen) atoms. The number of ether oxygens (including phenoxy) is 2. The average molecular weight is 325 g/mol. The van der Waals surface area contributed by atoms with Crippen LogP contribution in [0.5, 0.6) is 11.5 Å². The van der Waals surface area contributed by atoms with E-state index in [2.05, 4.69) is 15.0 Å². The van der Waals surface area contributed by atoms with Crippen molar-refractivity contribution in [2.45, 2.75) is 0 Å². The summed E-state index contributed by atoms with van der Waals surface area (Å²) < 4.78 is 12.3. The second-order valence-electron chi connectivity index (χ2n) is 4.11. The van der Waals surface area contributed by atoms with E-state index in [4.69, 9.17) is 32.7 Å². The Balaban J connectivity index is 2.30. The lowest BCUT2D eigenvalue weighted by Crippen LogP contribution is -1.99. The lowest BCUT2D eigenvalue weighted by atomic mass is 10.2. The Labute approximate surface area is 130 Å². The predicted molar refractivity (Wildman–Crippen MR) is 79.8 cm³/mol. The third kappa shape index (κ3) is 2.36. The van der Waals surface area contributed by atoms with E-state index in [0.29, 0.717) is 28.4 Å². The van der Waals surface area contributed by atoms with Crippen LogP contribution in [-0.2, 0) is 0 Å². The molecule has 1 aromatic carbocycles. The Morgan fingerprint density at radius 2 is 1.90 bits per heavy atom. The molecule has 0 aliphatic heterocycles. The fourth-order valence-corrected chi connectivity index (χ4v) is 2.42. The summed E-state index contributed by atoms with van der Waals surface area (Å²) in [5.41, 5.74) is 1.67. The number of imidazole rings is 1. The highest BCUT2D eigenvalue weighted by Crippen LogP contribution is 2.31. The van der Waals surface area contributed by atoms with Crippen LogP contribution in [0.4, 0.5) is 0 Å². The zero-order chi connectivity index (χ0) is 15.0. The fraction of sp³-hybridized carbons (Fsp3) is 0.154. The van der Waals surface area contributed by atoms with E-state index in [1.807, 2.05) is 6.07 Å². The number of methoxy groups -OCH3 is 2. The molecule has 0 unspecified atom stereocenters. The van der Waals surface area contributed by atoms with Crippen LogP contribution in [0, 0.1) is 0 Å². The lowest BCUT2D eigenvalue weighted by Gasteiger charge is -2.11. The molecule has 108 valence electrons. The Morgan fingerprint density at radius 1 is 1.10 bits per heavy atom. The van der Waals surface area contributed by atoms with Crippen LogP contribution in [0.3, 0.4) is 0 Å². The second kappa shape index (κ2) is 5.38. The van der Waals surface area contributed by atoms with Crippen LogP contribution >= 0.6 is 23.2 Å². The van der Waals surface area contributed by atoms with Gasteiger partial charge in [-0.3, -0.25) is 4.57 Å². The molecule has 2 aromatic heterocycles. The minimum Gasteiger partial charge on any atom is -0.497 e. The number of hydrogen-bond donors (Lipinski definition) is 0. The number of fused-ring (bicyclic) bond motifs is 1. The molecule has 0 aliphatic rings. The van der Waals surface area contributed by atoms with E-state index in [-0.39, 0.29) is 10.4 Å². The van der Waals surface area contributed by atoms with E-state index in [0.717, 1.165) is 0 Å². The van der Waals surface area contributed by atoms with Gasteiger partial charge in [0.25, 0.3) is 0 Å². The summed E-state index contributed by atoms with van der Waals surface area (Å²) in [5, 5.41) is 0.252. The van der Waals surface area contributed by atoms with Gasteiger partial charge in [0.05, 0.1) is 19.9 Å². The topological polar surface area (TPSA) is 62.1 Å². The van der Waals surface area contributed by atoms with Crippen molar-refractivity contribution in [3.63, 3.8) is 0 Å². The van der Waals surface area contributed by atoms with Crippen molar-refractivity contribution in [3.8, 4) is 17.2 Å². The molecule has 0 fully saturated rings. The van der Waals surface area contributed by atoms with Crippen molar-refractivity contribution in [2.75, 3.05) is 14.2 Å². The zero-order valence-electron chi connectivity index (χ0n) is 11.2. The third-order valence-corrected chi connectivity index (χ3v) is 3.40. The smallest absolute Gasteiger partial charge is 0.225 e. The van der Waals surface area contributed by atoms with Gasteiger partial charge in [0.15, 0.2) is 10.8 Å². The van der Waals surface area contributed by atoms with Gasteiger partial charge in [-0.15, -0.1) is 0 Å². The number of hydrogen-bond acceptors (Lipinski definition) is 5. The van der Waals surface area contributed by atoms with E-state index in [1.54, 1.807) is 37.2 Å². The van der Waals surface area contributed by atoms with Crippen molar-refractivity contribution in [3.05, 3.63) is 35.0 Å². The van der Waals surface area contributed by atoms with E-state index in [1.165, 1.54) is 0 Å². The molecule has 0 spiro atoms. The van der Waals surface area contributed by atoms with Gasteiger partial charge in [-0.25, -0.2) is 9.97 Å². The van der Waals surface area contributed by atoms with Crippen LogP contribution in [-0.4, -0.2) is 33.7 Å². The van der Waals surface area contributed by atoms with Crippen LogP contribution in [0.1, 0.15) is 0 Å². The number of aromatic nitrogens is 4. The maximum absolute atomic E-state index is 6.03. The monoisotopic (exact) mass is 324 g/mol. The lowest BCUT2D eigenvalue weighted by molar-refractivity contribution is 0.401. The summed E-state index contributed by atoms with van der Waals surface area (Å²) in [4.78, 5) is 12.3. The Hall–Kier alpha value is -2.05. The molecular formula is C13H10Cl2N4O2. The number of benzene rings is 1. The van der Waals surface area contributed by atoms with Crippen LogP contribution in [0.2, 0.25) is 10.4 Å². The summed E-state index contributed by atoms with van der Waals surface area (Å²) in [5.74, 6) is 1.32. The number of rotatable bonds is 3. The molecule has 0 radical (unpaired) electrons. The summed E-state index contributed by atoms with van der Waals surface area (Å²) in [6, 6.07) is 5.41. The van der Waals surface area contributed by atoms with Gasteiger partial charge < -0.3 is 9.47 Å². The third-order valence-electron chi connectivity index (χ3n) is 2.97. The highest BCUT2D eigenvalue weighted by Gasteiger charge is 2.15. The summed E-state index contributed by atoms with van der Waals surface area (Å²) in [6.07, 6.45) is 1.58. The molecule has 6 nitrogen and oxygen atoms in total. The standard InChI is InChI=1S/C13H10Cl2N4O2/c1-20-7-3-4-9(21-2)8(5-7)19-6-16-10-11(14)17-13(15)18-12(10)19/h3-6H,1-2H3. The minimum absolute atomic E-state index is 0.0520. The van der Waals surface area contributed by atoms with Crippen LogP contribution in [0.25, 0.3) is 16.9 Å². The quantitative estimate of drug-likeness (QED) is 0.547. The number of nitrogens with zero attached hydrogens (tertiary/aromatic N) is 4. The van der Waals surface area contributed by atoms with Crippen LogP contribution in [0.15, 0.2) is 24.5 Å². The van der Waals surface area contributed by atoms with Gasteiger partial charge >= 0.3 is 0 Å². The van der Waals surface area contributed by atoms with Crippen LogP contribution < -0.4 is 9.47 Å². The van der Waals surface area contributed by atoms with Gasteiger partial charge in [0, 0.05) is 6.07 Å². The summed E-state index contributed by atoms with van der Waals surface area (Å²) >= 11 is 11.9. The van der Waals surface area contributed by atoms with E-state index >= 15 is 0 Å². The molecule has 0 amide bonds. The minimum atomic E-state index is 0.0520. The SMILES string of the molecule is COc1ccc(OC)c(-n2cnc3c(Cl)nc(Cl)nc32)c1.